The molecule has 1 heterocycles. The molecule has 0 fully saturated rings. The number of unbranched alkanes of at least 4 members (excludes halogenated alkanes) is 1. The molecule has 0 aliphatic carbocycles. The molecule has 0 saturated heterocycles. The van der Waals surface area contributed by atoms with E-state index in [1.54, 1.807) is 72.4 Å². The van der Waals surface area contributed by atoms with Gasteiger partial charge in [-0.25, -0.2) is 18.2 Å². The Balaban J connectivity index is 0.00000428. The molecular formula is C40H57N9O11S2. The number of carboxylic acid groups (broad SMARTS) is 2. The maximum absolute atomic E-state index is 14.2. The second-order valence-corrected chi connectivity index (χ2v) is 15.2. The lowest BCUT2D eigenvalue weighted by atomic mass is 10.0. The number of aromatic nitrogens is 2. The maximum atomic E-state index is 14.2. The van der Waals surface area contributed by atoms with Crippen LogP contribution in [0.25, 0.3) is 0 Å². The van der Waals surface area contributed by atoms with Gasteiger partial charge in [-0.3, -0.25) is 28.8 Å². The van der Waals surface area contributed by atoms with Crippen molar-refractivity contribution in [1.29, 1.82) is 0 Å². The summed E-state index contributed by atoms with van der Waals surface area (Å²) in [7, 11) is 0. The Bertz CT molecular complexity index is 1910. The zero-order valence-electron chi connectivity index (χ0n) is 34.2. The number of nitrogens with one attached hydrogen (secondary N) is 6. The molecule has 5 amide bonds. The Kier molecular flexibility index (Phi) is 24.8. The van der Waals surface area contributed by atoms with Crippen LogP contribution >= 0.6 is 11.8 Å². The van der Waals surface area contributed by atoms with E-state index in [4.69, 9.17) is 25.0 Å². The number of thioether (sulfide) groups is 1. The van der Waals surface area contributed by atoms with E-state index in [9.17, 15) is 38.7 Å². The van der Waals surface area contributed by atoms with E-state index in [0.29, 0.717) is 36.1 Å². The average molecular weight is 904 g/mol. The molecule has 3 aromatic rings. The fourth-order valence-electron chi connectivity index (χ4n) is 5.90. The normalized spacial score (nSPS) is 13.6. The zero-order chi connectivity index (χ0) is 45.9. The highest BCUT2D eigenvalue weighted by Crippen LogP contribution is 2.10. The first-order valence-electron chi connectivity index (χ1n) is 19.7. The van der Waals surface area contributed by atoms with E-state index in [0.717, 1.165) is 5.75 Å². The van der Waals surface area contributed by atoms with Crippen LogP contribution in [0.4, 0.5) is 0 Å². The highest BCUT2D eigenvalue weighted by Gasteiger charge is 2.32. The predicted octanol–water partition coefficient (Wildman–Crippen LogP) is -1.19. The van der Waals surface area contributed by atoms with Gasteiger partial charge in [-0.1, -0.05) is 60.7 Å². The molecule has 0 spiro atoms. The number of nitrogens with two attached hydrogens (primary N) is 2. The standard InChI is InChI=1S/C40H55N9O9S.H2O2S/c1-59-19-17-29(42)35(52)44-18-9-8-14-30(37(54)49-33(40(57)58)21-26-12-6-3-7-13-26)46-38(55)31(20-25-10-4-2-5-11-25)48-39(56)32(22-27-23-43-24-45-27)47-36(53)28(41)15-16-34(50)51;1-3-2/h2-7,10-13,23-24,28-33H,8-9,14-22,41-42H2,1H3,(H,43,45)(H,44,52)(H,46,55)(H,47,53)(H,48,56)(H,49,54)(H,50,51)(H,57,58);3H2/t28-,29-,30+,31-,32-,33-;/m0./s1. The third-order valence-electron chi connectivity index (χ3n) is 9.24. The van der Waals surface area contributed by atoms with Crippen molar-refractivity contribution in [2.24, 2.45) is 11.5 Å². The van der Waals surface area contributed by atoms with Gasteiger partial charge in [0.15, 0.2) is 0 Å². The van der Waals surface area contributed by atoms with Gasteiger partial charge in [0.05, 0.1) is 24.1 Å². The van der Waals surface area contributed by atoms with Gasteiger partial charge >= 0.3 is 11.9 Å². The van der Waals surface area contributed by atoms with Crippen LogP contribution in [0.2, 0.25) is 0 Å². The highest BCUT2D eigenvalue weighted by molar-refractivity contribution is 7.98. The van der Waals surface area contributed by atoms with E-state index in [1.807, 2.05) is 6.26 Å². The molecule has 62 heavy (non-hydrogen) atoms. The van der Waals surface area contributed by atoms with Gasteiger partial charge < -0.3 is 53.2 Å². The SMILES string of the molecule is CSCC[C@H](N)C(=O)NCCCC[C@@H](NC(=O)[C@H](Cc1ccccc1)NC(=O)[C@H](Cc1c[nH]cn1)NC(=O)[C@@H](N)CCC(=O)O)C(=O)N[C@@H](Cc1ccccc1)C(=O)O.O=[SH2]=O. The molecule has 6 atom stereocenters. The first-order chi connectivity index (χ1) is 29.7. The minimum Gasteiger partial charge on any atom is -0.481 e. The number of hydrogen-bond donors (Lipinski definition) is 10. The number of carbonyl (C=O) groups excluding carboxylic acids is 5. The predicted molar refractivity (Wildman–Crippen MR) is 232 cm³/mol. The first kappa shape index (κ1) is 52.3. The lowest BCUT2D eigenvalue weighted by Gasteiger charge is -2.26. The second kappa shape index (κ2) is 29.4. The number of nitrogens with zero attached hydrogens (tertiary/aromatic N) is 1. The van der Waals surface area contributed by atoms with Gasteiger partial charge in [0.1, 0.15) is 35.7 Å². The minimum atomic E-state index is -1.42. The van der Waals surface area contributed by atoms with Gasteiger partial charge in [0.2, 0.25) is 29.5 Å². The number of imidazole rings is 1. The summed E-state index contributed by atoms with van der Waals surface area (Å²) >= 11 is 0.158. The van der Waals surface area contributed by atoms with E-state index in [-0.39, 0.29) is 51.0 Å². The molecule has 0 aliphatic rings. The van der Waals surface area contributed by atoms with E-state index in [1.165, 1.54) is 12.5 Å². The number of benzene rings is 2. The summed E-state index contributed by atoms with van der Waals surface area (Å²) in [6, 6.07) is 10.3. The molecule has 20 nitrogen and oxygen atoms in total. The van der Waals surface area contributed by atoms with Gasteiger partial charge in [-0.15, -0.1) is 0 Å². The van der Waals surface area contributed by atoms with Crippen LogP contribution in [0.5, 0.6) is 0 Å². The molecule has 22 heteroatoms. The Labute approximate surface area is 366 Å². The number of rotatable bonds is 27. The summed E-state index contributed by atoms with van der Waals surface area (Å²) in [5, 5.41) is 32.4. The number of aliphatic carboxylic acids is 2. The minimum absolute atomic E-state index is 0.0266. The maximum Gasteiger partial charge on any atom is 0.326 e. The van der Waals surface area contributed by atoms with Crippen molar-refractivity contribution in [3.05, 3.63) is 90.0 Å². The van der Waals surface area contributed by atoms with Crippen molar-refractivity contribution in [3.63, 3.8) is 0 Å². The monoisotopic (exact) mass is 903 g/mol. The van der Waals surface area contributed by atoms with E-state index < -0.39 is 83.4 Å². The van der Waals surface area contributed by atoms with Crippen LogP contribution in [-0.2, 0) is 64.4 Å². The lowest BCUT2D eigenvalue weighted by molar-refractivity contribution is -0.142. The van der Waals surface area contributed by atoms with Crippen molar-refractivity contribution in [1.82, 2.24) is 36.6 Å². The van der Waals surface area contributed by atoms with E-state index >= 15 is 0 Å². The number of carboxylic acids is 2. The summed E-state index contributed by atoms with van der Waals surface area (Å²) in [5.41, 5.74) is 13.6. The fraction of sp³-hybridized carbons (Fsp3) is 0.450. The summed E-state index contributed by atoms with van der Waals surface area (Å²) in [4.78, 5) is 97.7. The summed E-state index contributed by atoms with van der Waals surface area (Å²) in [6.07, 6.45) is 5.34. The Hall–Kier alpha value is -5.84. The molecule has 2 aromatic carbocycles. The number of H-pyrrole nitrogens is 1. The number of hydrogen-bond acceptors (Lipinski definition) is 13. The molecular weight excluding hydrogens is 847 g/mol. The van der Waals surface area contributed by atoms with Crippen LogP contribution in [0.15, 0.2) is 73.2 Å². The lowest BCUT2D eigenvalue weighted by Crippen LogP contribution is -2.59. The third-order valence-corrected chi connectivity index (χ3v) is 9.89. The summed E-state index contributed by atoms with van der Waals surface area (Å²) in [6.45, 7) is 0.246. The highest BCUT2D eigenvalue weighted by atomic mass is 32.2. The molecule has 0 unspecified atom stereocenters. The van der Waals surface area contributed by atoms with Crippen LogP contribution in [0.1, 0.15) is 55.3 Å². The van der Waals surface area contributed by atoms with Crippen LogP contribution in [0.3, 0.4) is 0 Å². The molecule has 0 bridgehead atoms. The summed E-state index contributed by atoms with van der Waals surface area (Å²) < 4.78 is 16.8. The Morgan fingerprint density at radius 1 is 0.677 bits per heavy atom. The Morgan fingerprint density at radius 2 is 1.18 bits per heavy atom. The summed E-state index contributed by atoms with van der Waals surface area (Å²) in [5.74, 6) is -5.13. The number of aromatic amines is 1. The smallest absolute Gasteiger partial charge is 0.326 e. The number of carbonyl (C=O) groups is 7. The molecule has 1 aromatic heterocycles. The van der Waals surface area contributed by atoms with Gasteiger partial charge in [0.25, 0.3) is 0 Å². The molecule has 12 N–H and O–H groups in total. The van der Waals surface area contributed by atoms with Crippen LogP contribution < -0.4 is 38.1 Å². The molecule has 0 aliphatic heterocycles. The molecule has 3 rings (SSSR count). The fourth-order valence-corrected chi connectivity index (χ4v) is 6.39. The van der Waals surface area contributed by atoms with Crippen molar-refractivity contribution in [2.75, 3.05) is 18.6 Å². The quantitative estimate of drug-likeness (QED) is 0.0403. The molecule has 340 valence electrons. The first-order valence-corrected chi connectivity index (χ1v) is 21.9. The topological polar surface area (TPSA) is 335 Å². The van der Waals surface area contributed by atoms with Crippen LogP contribution in [-0.4, -0.2) is 125 Å². The Morgan fingerprint density at radius 3 is 1.71 bits per heavy atom. The average Bonchev–Trinajstić information content (AvgIpc) is 3.77. The third kappa shape index (κ3) is 20.6. The van der Waals surface area contributed by atoms with Crippen molar-refractivity contribution < 1.29 is 52.2 Å². The molecule has 0 radical (unpaired) electrons. The van der Waals surface area contributed by atoms with Crippen LogP contribution in [0, 0.1) is 0 Å². The largest absolute Gasteiger partial charge is 0.481 e. The van der Waals surface area contributed by atoms with E-state index in [2.05, 4.69) is 36.6 Å². The van der Waals surface area contributed by atoms with Crippen molar-refractivity contribution in [2.45, 2.75) is 94.0 Å². The molecule has 0 saturated carbocycles. The second-order valence-electron chi connectivity index (χ2n) is 14.0. The van der Waals surface area contributed by atoms with Gasteiger partial charge in [-0.05, 0) is 55.2 Å². The number of amides is 5. The van der Waals surface area contributed by atoms with Crippen molar-refractivity contribution in [3.8, 4) is 0 Å². The van der Waals surface area contributed by atoms with Crippen molar-refractivity contribution >= 4 is 64.8 Å². The van der Waals surface area contributed by atoms with Gasteiger partial charge in [-0.2, -0.15) is 11.8 Å². The van der Waals surface area contributed by atoms with Gasteiger partial charge in [0, 0.05) is 38.4 Å². The zero-order valence-corrected chi connectivity index (χ0v) is 36.1.